The molecular weight excluding hydrogens is 199 g/mol. The van der Waals surface area contributed by atoms with Gasteiger partial charge < -0.3 is 10.1 Å². The number of amides is 1. The van der Waals surface area contributed by atoms with Crippen LogP contribution in [0.5, 0.6) is 5.75 Å². The molecule has 0 bridgehead atoms. The van der Waals surface area contributed by atoms with Crippen LogP contribution in [0, 0.1) is 5.82 Å². The molecule has 1 N–H and O–H groups in total. The molecule has 6 heteroatoms. The van der Waals surface area contributed by atoms with Gasteiger partial charge in [0.25, 0.3) is 0 Å². The predicted octanol–water partition coefficient (Wildman–Crippen LogP) is 1.59. The van der Waals surface area contributed by atoms with E-state index in [1.807, 2.05) is 0 Å². The highest BCUT2D eigenvalue weighted by atomic mass is 35.5. The molecule has 0 aliphatic carbocycles. The molecule has 1 aromatic rings. The second kappa shape index (κ2) is 4.04. The average Bonchev–Trinajstić information content (AvgIpc) is 2.11. The van der Waals surface area contributed by atoms with Gasteiger partial charge >= 0.3 is 6.09 Å². The molecule has 1 rings (SSSR count). The Morgan fingerprint density at radius 1 is 1.77 bits per heavy atom. The van der Waals surface area contributed by atoms with Crippen molar-refractivity contribution >= 4 is 17.7 Å². The number of carbonyl (C=O) groups excluding carboxylic acids is 1. The van der Waals surface area contributed by atoms with Gasteiger partial charge in [0, 0.05) is 13.1 Å². The first-order valence-corrected chi connectivity index (χ1v) is 3.72. The summed E-state index contributed by atoms with van der Waals surface area (Å²) in [5.41, 5.74) is 0. The molecule has 0 aromatic carbocycles. The first-order chi connectivity index (χ1) is 6.13. The van der Waals surface area contributed by atoms with Crippen LogP contribution in [0.4, 0.5) is 9.18 Å². The van der Waals surface area contributed by atoms with Crippen molar-refractivity contribution in [3.63, 3.8) is 0 Å². The Morgan fingerprint density at radius 2 is 2.46 bits per heavy atom. The van der Waals surface area contributed by atoms with Gasteiger partial charge in [-0.15, -0.1) is 0 Å². The summed E-state index contributed by atoms with van der Waals surface area (Å²) in [6.07, 6.45) is 0.202. The third-order valence-electron chi connectivity index (χ3n) is 1.18. The third kappa shape index (κ3) is 2.55. The standard InChI is InChI=1S/C7H6ClFN2O2/c1-10-7(12)13-5-2-4(9)3-11-6(5)8/h2-3H,1H3,(H,10,12). The van der Waals surface area contributed by atoms with Crippen LogP contribution in [0.15, 0.2) is 12.3 Å². The van der Waals surface area contributed by atoms with Crippen LogP contribution < -0.4 is 10.1 Å². The first-order valence-electron chi connectivity index (χ1n) is 3.34. The number of nitrogens with zero attached hydrogens (tertiary/aromatic N) is 1. The molecule has 0 unspecified atom stereocenters. The van der Waals surface area contributed by atoms with E-state index in [-0.39, 0.29) is 10.9 Å². The zero-order chi connectivity index (χ0) is 9.84. The van der Waals surface area contributed by atoms with E-state index in [1.165, 1.54) is 7.05 Å². The van der Waals surface area contributed by atoms with E-state index in [0.29, 0.717) is 0 Å². The summed E-state index contributed by atoms with van der Waals surface area (Å²) >= 11 is 5.51. The fraction of sp³-hybridized carbons (Fsp3) is 0.143. The van der Waals surface area contributed by atoms with Crippen molar-refractivity contribution in [1.29, 1.82) is 0 Å². The van der Waals surface area contributed by atoms with Crippen LogP contribution in [-0.4, -0.2) is 18.1 Å². The van der Waals surface area contributed by atoms with Gasteiger partial charge in [0.2, 0.25) is 0 Å². The number of hydrogen-bond donors (Lipinski definition) is 1. The molecule has 0 radical (unpaired) electrons. The maximum Gasteiger partial charge on any atom is 0.412 e. The number of ether oxygens (including phenoxy) is 1. The van der Waals surface area contributed by atoms with Gasteiger partial charge in [0.1, 0.15) is 5.82 Å². The zero-order valence-electron chi connectivity index (χ0n) is 6.67. The van der Waals surface area contributed by atoms with Crippen LogP contribution in [0.2, 0.25) is 5.15 Å². The van der Waals surface area contributed by atoms with Crippen molar-refractivity contribution in [2.75, 3.05) is 7.05 Å². The normalized spacial score (nSPS) is 9.46. The molecule has 1 aromatic heterocycles. The molecule has 0 aliphatic heterocycles. The van der Waals surface area contributed by atoms with E-state index >= 15 is 0 Å². The Bertz CT molecular complexity index is 332. The van der Waals surface area contributed by atoms with E-state index in [9.17, 15) is 9.18 Å². The summed E-state index contributed by atoms with van der Waals surface area (Å²) in [7, 11) is 1.38. The van der Waals surface area contributed by atoms with Crippen molar-refractivity contribution in [3.05, 3.63) is 23.2 Å². The van der Waals surface area contributed by atoms with Crippen LogP contribution in [-0.2, 0) is 0 Å². The van der Waals surface area contributed by atoms with Crippen molar-refractivity contribution < 1.29 is 13.9 Å². The highest BCUT2D eigenvalue weighted by Crippen LogP contribution is 2.21. The summed E-state index contributed by atoms with van der Waals surface area (Å²) < 4.78 is 17.2. The van der Waals surface area contributed by atoms with Crippen LogP contribution in [0.1, 0.15) is 0 Å². The lowest BCUT2D eigenvalue weighted by Gasteiger charge is -2.03. The van der Waals surface area contributed by atoms with Gasteiger partial charge in [-0.2, -0.15) is 0 Å². The van der Waals surface area contributed by atoms with Gasteiger partial charge in [-0.3, -0.25) is 0 Å². The maximum absolute atomic E-state index is 12.6. The highest BCUT2D eigenvalue weighted by Gasteiger charge is 2.08. The van der Waals surface area contributed by atoms with E-state index in [2.05, 4.69) is 15.0 Å². The summed E-state index contributed by atoms with van der Waals surface area (Å²) in [5, 5.41) is 2.13. The molecule has 0 spiro atoms. The van der Waals surface area contributed by atoms with Crippen molar-refractivity contribution in [2.45, 2.75) is 0 Å². The van der Waals surface area contributed by atoms with E-state index in [4.69, 9.17) is 11.6 Å². The van der Waals surface area contributed by atoms with Crippen molar-refractivity contribution in [1.82, 2.24) is 10.3 Å². The van der Waals surface area contributed by atoms with Gasteiger partial charge in [-0.25, -0.2) is 14.2 Å². The second-order valence-electron chi connectivity index (χ2n) is 2.08. The molecule has 0 saturated heterocycles. The maximum atomic E-state index is 12.6. The van der Waals surface area contributed by atoms with Gasteiger partial charge in [0.15, 0.2) is 10.9 Å². The van der Waals surface area contributed by atoms with Crippen molar-refractivity contribution in [3.8, 4) is 5.75 Å². The molecule has 13 heavy (non-hydrogen) atoms. The smallest absolute Gasteiger partial charge is 0.407 e. The number of halogens is 2. The highest BCUT2D eigenvalue weighted by molar-refractivity contribution is 6.30. The third-order valence-corrected chi connectivity index (χ3v) is 1.46. The van der Waals surface area contributed by atoms with Gasteiger partial charge in [-0.1, -0.05) is 11.6 Å². The van der Waals surface area contributed by atoms with Crippen LogP contribution >= 0.6 is 11.6 Å². The molecule has 0 saturated carbocycles. The molecular formula is C7H6ClFN2O2. The Morgan fingerprint density at radius 3 is 3.08 bits per heavy atom. The SMILES string of the molecule is CNC(=O)Oc1cc(F)cnc1Cl. The fourth-order valence-electron chi connectivity index (χ4n) is 0.626. The zero-order valence-corrected chi connectivity index (χ0v) is 7.43. The summed E-state index contributed by atoms with van der Waals surface area (Å²) in [4.78, 5) is 14.2. The minimum atomic E-state index is -0.728. The largest absolute Gasteiger partial charge is 0.412 e. The predicted molar refractivity (Wildman–Crippen MR) is 44.3 cm³/mol. The molecule has 0 fully saturated rings. The minimum absolute atomic E-state index is 0.0648. The molecule has 1 amide bonds. The number of pyridine rings is 1. The lowest BCUT2D eigenvalue weighted by molar-refractivity contribution is 0.202. The Labute approximate surface area is 78.7 Å². The van der Waals surface area contributed by atoms with E-state index < -0.39 is 11.9 Å². The monoisotopic (exact) mass is 204 g/mol. The van der Waals surface area contributed by atoms with Crippen LogP contribution in [0.25, 0.3) is 0 Å². The summed E-state index contributed by atoms with van der Waals surface area (Å²) in [5.74, 6) is -0.732. The lowest BCUT2D eigenvalue weighted by atomic mass is 10.4. The summed E-state index contributed by atoms with van der Waals surface area (Å²) in [6, 6.07) is 0.977. The molecule has 0 aliphatic rings. The number of nitrogens with one attached hydrogen (secondary N) is 1. The average molecular weight is 205 g/mol. The molecule has 1 heterocycles. The van der Waals surface area contributed by atoms with E-state index in [0.717, 1.165) is 12.3 Å². The quantitative estimate of drug-likeness (QED) is 0.707. The number of hydrogen-bond acceptors (Lipinski definition) is 3. The molecule has 0 atom stereocenters. The summed E-state index contributed by atoms with van der Waals surface area (Å²) in [6.45, 7) is 0. The first kappa shape index (κ1) is 9.73. The number of aromatic nitrogens is 1. The van der Waals surface area contributed by atoms with E-state index in [1.54, 1.807) is 0 Å². The topological polar surface area (TPSA) is 51.2 Å². The Balaban J connectivity index is 2.87. The Kier molecular flexibility index (Phi) is 3.02. The Hall–Kier alpha value is -1.36. The number of rotatable bonds is 1. The van der Waals surface area contributed by atoms with Gasteiger partial charge in [0.05, 0.1) is 6.20 Å². The fourth-order valence-corrected chi connectivity index (χ4v) is 0.768. The molecule has 4 nitrogen and oxygen atoms in total. The van der Waals surface area contributed by atoms with Crippen LogP contribution in [0.3, 0.4) is 0 Å². The van der Waals surface area contributed by atoms with Crippen molar-refractivity contribution in [2.24, 2.45) is 0 Å². The lowest BCUT2D eigenvalue weighted by Crippen LogP contribution is -2.22. The second-order valence-corrected chi connectivity index (χ2v) is 2.44. The van der Waals surface area contributed by atoms with Gasteiger partial charge in [-0.05, 0) is 0 Å². The molecule has 70 valence electrons. The minimum Gasteiger partial charge on any atom is -0.407 e. The number of carbonyl (C=O) groups is 1.